The summed E-state index contributed by atoms with van der Waals surface area (Å²) in [7, 11) is 0. The van der Waals surface area contributed by atoms with Crippen molar-refractivity contribution in [2.24, 2.45) is 0 Å². The number of pyridine rings is 1. The van der Waals surface area contributed by atoms with Crippen LogP contribution >= 0.6 is 0 Å². The van der Waals surface area contributed by atoms with Gasteiger partial charge in [0.15, 0.2) is 0 Å². The Labute approximate surface area is 106 Å². The van der Waals surface area contributed by atoms with Crippen molar-refractivity contribution in [3.63, 3.8) is 0 Å². The number of nitrogens with one attached hydrogen (secondary N) is 1. The van der Waals surface area contributed by atoms with Gasteiger partial charge in [-0.2, -0.15) is 0 Å². The minimum Gasteiger partial charge on any atom is -0.346 e. The summed E-state index contributed by atoms with van der Waals surface area (Å²) in [5.74, 6) is 0. The van der Waals surface area contributed by atoms with E-state index in [9.17, 15) is 0 Å². The molecular formula is C15H26N2. The molecule has 2 aromatic heterocycles. The van der Waals surface area contributed by atoms with E-state index in [-0.39, 0.29) is 0 Å². The van der Waals surface area contributed by atoms with E-state index in [0.29, 0.717) is 0 Å². The standard InChI is InChI=1S/C8H8N2.C3H8.C2H6.C2H4/c1-6-4-7-2-3-9-8(7)10-5-6;1-3-2;2*1-2/h2-5H,1H3,(H,9,10);3H2,1-2H3;1-2H3;1-2H2. The Hall–Kier alpha value is -1.57. The lowest BCUT2D eigenvalue weighted by Gasteiger charge is -1.89. The lowest BCUT2D eigenvalue weighted by atomic mass is 10.2. The zero-order valence-electron chi connectivity index (χ0n) is 11.9. The second-order valence-electron chi connectivity index (χ2n) is 3.14. The third-order valence-electron chi connectivity index (χ3n) is 1.54. The van der Waals surface area contributed by atoms with Gasteiger partial charge in [-0.05, 0) is 24.6 Å². The molecule has 0 aliphatic heterocycles. The summed E-state index contributed by atoms with van der Waals surface area (Å²) in [6, 6.07) is 4.13. The van der Waals surface area contributed by atoms with Gasteiger partial charge in [0.2, 0.25) is 0 Å². The van der Waals surface area contributed by atoms with Gasteiger partial charge >= 0.3 is 0 Å². The van der Waals surface area contributed by atoms with E-state index in [1.54, 1.807) is 0 Å². The SMILES string of the molecule is C=C.CC.CCC.Cc1cnc2[nH]ccc2c1. The summed E-state index contributed by atoms with van der Waals surface area (Å²) in [5.41, 5.74) is 2.16. The molecule has 0 unspecified atom stereocenters. The number of fused-ring (bicyclic) bond motifs is 1. The molecule has 2 aromatic rings. The van der Waals surface area contributed by atoms with Crippen LogP contribution in [0, 0.1) is 6.92 Å². The maximum atomic E-state index is 4.19. The molecule has 0 saturated heterocycles. The summed E-state index contributed by atoms with van der Waals surface area (Å²) >= 11 is 0. The molecule has 96 valence electrons. The van der Waals surface area contributed by atoms with Gasteiger partial charge in [-0.1, -0.05) is 34.1 Å². The van der Waals surface area contributed by atoms with Crippen molar-refractivity contribution in [3.05, 3.63) is 43.2 Å². The Kier molecular flexibility index (Phi) is 13.1. The number of aryl methyl sites for hydroxylation is 1. The maximum absolute atomic E-state index is 4.19. The lowest BCUT2D eigenvalue weighted by Crippen LogP contribution is -1.76. The van der Waals surface area contributed by atoms with E-state index in [1.807, 2.05) is 39.2 Å². The molecule has 0 amide bonds. The predicted octanol–water partition coefficient (Wildman–Crippen LogP) is 5.12. The minimum atomic E-state index is 0.964. The predicted molar refractivity (Wildman–Crippen MR) is 79.4 cm³/mol. The second-order valence-corrected chi connectivity index (χ2v) is 3.14. The molecule has 2 rings (SSSR count). The first-order chi connectivity index (χ1) is 8.27. The summed E-state index contributed by atoms with van der Waals surface area (Å²) in [5, 5.41) is 1.18. The highest BCUT2D eigenvalue weighted by atomic mass is 14.8. The number of nitrogens with zero attached hydrogens (tertiary/aromatic N) is 1. The first-order valence-corrected chi connectivity index (χ1v) is 6.17. The molecule has 0 aliphatic carbocycles. The molecule has 0 fully saturated rings. The quantitative estimate of drug-likeness (QED) is 0.630. The molecule has 0 saturated carbocycles. The summed E-state index contributed by atoms with van der Waals surface area (Å²) in [6.45, 7) is 16.3. The van der Waals surface area contributed by atoms with Crippen molar-refractivity contribution in [1.29, 1.82) is 0 Å². The van der Waals surface area contributed by atoms with Crippen LogP contribution in [0.1, 0.15) is 39.7 Å². The van der Waals surface area contributed by atoms with E-state index in [1.165, 1.54) is 17.4 Å². The van der Waals surface area contributed by atoms with Crippen LogP contribution in [0.5, 0.6) is 0 Å². The Bertz CT molecular complexity index is 377. The van der Waals surface area contributed by atoms with E-state index in [0.717, 1.165) is 5.65 Å². The average Bonchev–Trinajstić information content (AvgIpc) is 2.82. The van der Waals surface area contributed by atoms with Crippen LogP contribution < -0.4 is 0 Å². The van der Waals surface area contributed by atoms with Crippen molar-refractivity contribution < 1.29 is 0 Å². The van der Waals surface area contributed by atoms with E-state index in [2.05, 4.69) is 43.0 Å². The molecule has 2 nitrogen and oxygen atoms in total. The van der Waals surface area contributed by atoms with Crippen LogP contribution in [0.4, 0.5) is 0 Å². The van der Waals surface area contributed by atoms with Crippen LogP contribution in [-0.2, 0) is 0 Å². The highest BCUT2D eigenvalue weighted by Crippen LogP contribution is 2.09. The van der Waals surface area contributed by atoms with Crippen molar-refractivity contribution >= 4 is 11.0 Å². The largest absolute Gasteiger partial charge is 0.346 e. The zero-order chi connectivity index (χ0) is 13.7. The highest BCUT2D eigenvalue weighted by molar-refractivity contribution is 5.75. The van der Waals surface area contributed by atoms with Gasteiger partial charge in [-0.25, -0.2) is 4.98 Å². The van der Waals surface area contributed by atoms with Gasteiger partial charge in [0.05, 0.1) is 0 Å². The molecule has 1 N–H and O–H groups in total. The summed E-state index contributed by atoms with van der Waals surface area (Å²) < 4.78 is 0. The Morgan fingerprint density at radius 2 is 1.76 bits per heavy atom. The summed E-state index contributed by atoms with van der Waals surface area (Å²) in [4.78, 5) is 7.22. The smallest absolute Gasteiger partial charge is 0.137 e. The fourth-order valence-electron chi connectivity index (χ4n) is 1.05. The van der Waals surface area contributed by atoms with E-state index in [4.69, 9.17) is 0 Å². The topological polar surface area (TPSA) is 28.7 Å². The number of hydrogen-bond acceptors (Lipinski definition) is 1. The molecule has 17 heavy (non-hydrogen) atoms. The van der Waals surface area contributed by atoms with E-state index < -0.39 is 0 Å². The second kappa shape index (κ2) is 12.5. The molecule has 0 radical (unpaired) electrons. The third kappa shape index (κ3) is 7.34. The Balaban J connectivity index is 0. The Morgan fingerprint density at radius 3 is 2.29 bits per heavy atom. The first-order valence-electron chi connectivity index (χ1n) is 6.17. The maximum Gasteiger partial charge on any atom is 0.137 e. The van der Waals surface area contributed by atoms with Gasteiger partial charge in [0.1, 0.15) is 5.65 Å². The normalized spacial score (nSPS) is 7.82. The fourth-order valence-corrected chi connectivity index (χ4v) is 1.05. The number of H-pyrrole nitrogens is 1. The van der Waals surface area contributed by atoms with Crippen LogP contribution in [0.25, 0.3) is 11.0 Å². The van der Waals surface area contributed by atoms with Gasteiger partial charge in [-0.3, -0.25) is 0 Å². The minimum absolute atomic E-state index is 0.964. The first kappa shape index (κ1) is 17.8. The van der Waals surface area contributed by atoms with Gasteiger partial charge in [0.25, 0.3) is 0 Å². The van der Waals surface area contributed by atoms with Gasteiger partial charge < -0.3 is 4.98 Å². The lowest BCUT2D eigenvalue weighted by molar-refractivity contribution is 1.09. The van der Waals surface area contributed by atoms with Crippen LogP contribution in [0.15, 0.2) is 37.7 Å². The van der Waals surface area contributed by atoms with Crippen molar-refractivity contribution in [2.45, 2.75) is 41.0 Å². The van der Waals surface area contributed by atoms with E-state index >= 15 is 0 Å². The molecule has 0 bridgehead atoms. The highest BCUT2D eigenvalue weighted by Gasteiger charge is 1.92. The molecule has 2 heterocycles. The van der Waals surface area contributed by atoms with Gasteiger partial charge in [0, 0.05) is 17.8 Å². The molecule has 0 aromatic carbocycles. The monoisotopic (exact) mass is 234 g/mol. The number of hydrogen-bond donors (Lipinski definition) is 1. The van der Waals surface area contributed by atoms with Crippen LogP contribution in [0.2, 0.25) is 0 Å². The van der Waals surface area contributed by atoms with Crippen molar-refractivity contribution in [1.82, 2.24) is 9.97 Å². The van der Waals surface area contributed by atoms with Crippen molar-refractivity contribution in [3.8, 4) is 0 Å². The zero-order valence-corrected chi connectivity index (χ0v) is 11.9. The number of aromatic amines is 1. The summed E-state index contributed by atoms with van der Waals surface area (Å²) in [6.07, 6.45) is 5.01. The van der Waals surface area contributed by atoms with Crippen LogP contribution in [-0.4, -0.2) is 9.97 Å². The molecule has 2 heteroatoms. The fraction of sp³-hybridized carbons (Fsp3) is 0.400. The molecule has 0 atom stereocenters. The van der Waals surface area contributed by atoms with Gasteiger partial charge in [-0.15, -0.1) is 13.2 Å². The number of aromatic nitrogens is 2. The van der Waals surface area contributed by atoms with Crippen LogP contribution in [0.3, 0.4) is 0 Å². The molecule has 0 aliphatic rings. The third-order valence-corrected chi connectivity index (χ3v) is 1.54. The Morgan fingerprint density at radius 1 is 1.24 bits per heavy atom. The average molecular weight is 234 g/mol. The van der Waals surface area contributed by atoms with Crippen molar-refractivity contribution in [2.75, 3.05) is 0 Å². The molecular weight excluding hydrogens is 208 g/mol. The molecule has 0 spiro atoms. The number of rotatable bonds is 0.